The molecular formula is C11H23NO2. The molecule has 0 aromatic carbocycles. The SMILES string of the molecule is CCCCCCC1(C)OCC(CN)O1. The van der Waals surface area contributed by atoms with E-state index in [1.807, 2.05) is 6.92 Å². The average Bonchev–Trinajstić information content (AvgIpc) is 2.56. The highest BCUT2D eigenvalue weighted by molar-refractivity contribution is 4.75. The van der Waals surface area contributed by atoms with Crippen molar-refractivity contribution in [3.05, 3.63) is 0 Å². The van der Waals surface area contributed by atoms with Crippen LogP contribution in [0.25, 0.3) is 0 Å². The molecule has 2 unspecified atom stereocenters. The number of hydrogen-bond donors (Lipinski definition) is 1. The van der Waals surface area contributed by atoms with E-state index in [0.717, 1.165) is 6.42 Å². The van der Waals surface area contributed by atoms with Gasteiger partial charge in [-0.3, -0.25) is 0 Å². The first-order valence-corrected chi connectivity index (χ1v) is 5.72. The van der Waals surface area contributed by atoms with Gasteiger partial charge >= 0.3 is 0 Å². The molecule has 1 fully saturated rings. The first-order valence-electron chi connectivity index (χ1n) is 5.72. The number of nitrogens with two attached hydrogens (primary N) is 1. The second kappa shape index (κ2) is 5.69. The summed E-state index contributed by atoms with van der Waals surface area (Å²) in [7, 11) is 0. The van der Waals surface area contributed by atoms with E-state index in [4.69, 9.17) is 15.2 Å². The predicted molar refractivity (Wildman–Crippen MR) is 57.0 cm³/mol. The van der Waals surface area contributed by atoms with E-state index in [1.54, 1.807) is 0 Å². The van der Waals surface area contributed by atoms with Gasteiger partial charge in [0.15, 0.2) is 5.79 Å². The molecule has 84 valence electrons. The third-order valence-electron chi connectivity index (χ3n) is 2.74. The number of rotatable bonds is 6. The fourth-order valence-electron chi connectivity index (χ4n) is 1.81. The van der Waals surface area contributed by atoms with Gasteiger partial charge in [-0.1, -0.05) is 26.2 Å². The van der Waals surface area contributed by atoms with Crippen molar-refractivity contribution < 1.29 is 9.47 Å². The summed E-state index contributed by atoms with van der Waals surface area (Å²) < 4.78 is 11.4. The molecule has 0 saturated carbocycles. The molecule has 3 nitrogen and oxygen atoms in total. The van der Waals surface area contributed by atoms with Crippen LogP contribution in [0.15, 0.2) is 0 Å². The van der Waals surface area contributed by atoms with Crippen molar-refractivity contribution in [2.45, 2.75) is 57.8 Å². The highest BCUT2D eigenvalue weighted by Crippen LogP contribution is 2.28. The van der Waals surface area contributed by atoms with Crippen molar-refractivity contribution in [3.63, 3.8) is 0 Å². The minimum atomic E-state index is -0.363. The summed E-state index contributed by atoms with van der Waals surface area (Å²) in [5.41, 5.74) is 5.53. The monoisotopic (exact) mass is 201 g/mol. The molecule has 0 aromatic heterocycles. The predicted octanol–water partition coefficient (Wildman–Crippen LogP) is 2.05. The normalized spacial score (nSPS) is 32.4. The lowest BCUT2D eigenvalue weighted by molar-refractivity contribution is -0.158. The van der Waals surface area contributed by atoms with E-state index in [0.29, 0.717) is 13.2 Å². The Kier molecular flexibility index (Phi) is 4.85. The van der Waals surface area contributed by atoms with Crippen molar-refractivity contribution >= 4 is 0 Å². The molecule has 2 N–H and O–H groups in total. The van der Waals surface area contributed by atoms with Crippen LogP contribution in [-0.2, 0) is 9.47 Å². The highest BCUT2D eigenvalue weighted by atomic mass is 16.7. The molecule has 0 aliphatic carbocycles. The van der Waals surface area contributed by atoms with Crippen LogP contribution >= 0.6 is 0 Å². The summed E-state index contributed by atoms with van der Waals surface area (Å²) in [5.74, 6) is -0.363. The second-order valence-electron chi connectivity index (χ2n) is 4.23. The Balaban J connectivity index is 2.16. The average molecular weight is 201 g/mol. The molecule has 0 amide bonds. The smallest absolute Gasteiger partial charge is 0.166 e. The van der Waals surface area contributed by atoms with E-state index < -0.39 is 0 Å². The van der Waals surface area contributed by atoms with Crippen molar-refractivity contribution in [2.75, 3.05) is 13.2 Å². The molecule has 14 heavy (non-hydrogen) atoms. The molecule has 1 saturated heterocycles. The summed E-state index contributed by atoms with van der Waals surface area (Å²) in [6, 6.07) is 0. The third-order valence-corrected chi connectivity index (χ3v) is 2.74. The van der Waals surface area contributed by atoms with Crippen molar-refractivity contribution in [2.24, 2.45) is 5.73 Å². The molecule has 1 aliphatic heterocycles. The van der Waals surface area contributed by atoms with E-state index in [-0.39, 0.29) is 11.9 Å². The van der Waals surface area contributed by atoms with Gasteiger partial charge in [0, 0.05) is 13.0 Å². The molecule has 0 bridgehead atoms. The molecule has 2 atom stereocenters. The highest BCUT2D eigenvalue weighted by Gasteiger charge is 2.35. The minimum absolute atomic E-state index is 0.103. The van der Waals surface area contributed by atoms with Crippen LogP contribution in [0, 0.1) is 0 Å². The number of ether oxygens (including phenoxy) is 2. The molecule has 0 spiro atoms. The maximum Gasteiger partial charge on any atom is 0.166 e. The van der Waals surface area contributed by atoms with Gasteiger partial charge in [0.2, 0.25) is 0 Å². The third kappa shape index (κ3) is 3.56. The van der Waals surface area contributed by atoms with Gasteiger partial charge in [0.1, 0.15) is 0 Å². The van der Waals surface area contributed by atoms with Gasteiger partial charge in [-0.2, -0.15) is 0 Å². The molecule has 0 aromatic rings. The Morgan fingerprint density at radius 3 is 2.71 bits per heavy atom. The summed E-state index contributed by atoms with van der Waals surface area (Å²) in [4.78, 5) is 0. The maximum atomic E-state index is 5.73. The van der Waals surface area contributed by atoms with E-state index >= 15 is 0 Å². The van der Waals surface area contributed by atoms with Gasteiger partial charge in [-0.15, -0.1) is 0 Å². The van der Waals surface area contributed by atoms with Crippen LogP contribution in [-0.4, -0.2) is 25.0 Å². The lowest BCUT2D eigenvalue weighted by Gasteiger charge is -2.22. The largest absolute Gasteiger partial charge is 0.347 e. The Bertz CT molecular complexity index is 163. The Hall–Kier alpha value is -0.120. The van der Waals surface area contributed by atoms with Gasteiger partial charge in [-0.25, -0.2) is 0 Å². The van der Waals surface area contributed by atoms with E-state index in [1.165, 1.54) is 25.7 Å². The summed E-state index contributed by atoms with van der Waals surface area (Å²) >= 11 is 0. The fourth-order valence-corrected chi connectivity index (χ4v) is 1.81. The molecule has 0 radical (unpaired) electrons. The first kappa shape index (κ1) is 12.0. The van der Waals surface area contributed by atoms with Gasteiger partial charge in [0.05, 0.1) is 12.7 Å². The standard InChI is InChI=1S/C11H23NO2/c1-3-4-5-6-7-11(2)13-9-10(8-12)14-11/h10H,3-9,12H2,1-2H3. The molecular weight excluding hydrogens is 178 g/mol. The Morgan fingerprint density at radius 1 is 1.36 bits per heavy atom. The lowest BCUT2D eigenvalue weighted by Crippen LogP contribution is -2.29. The van der Waals surface area contributed by atoms with Crippen LogP contribution in [0.2, 0.25) is 0 Å². The van der Waals surface area contributed by atoms with Crippen LogP contribution in [0.4, 0.5) is 0 Å². The van der Waals surface area contributed by atoms with E-state index in [2.05, 4.69) is 6.92 Å². The van der Waals surface area contributed by atoms with Crippen LogP contribution in [0.3, 0.4) is 0 Å². The fraction of sp³-hybridized carbons (Fsp3) is 1.00. The molecule has 1 aliphatic rings. The van der Waals surface area contributed by atoms with Crippen molar-refractivity contribution in [3.8, 4) is 0 Å². The number of hydrogen-bond acceptors (Lipinski definition) is 3. The zero-order chi connectivity index (χ0) is 10.4. The number of unbranched alkanes of at least 4 members (excludes halogenated alkanes) is 3. The summed E-state index contributed by atoms with van der Waals surface area (Å²) in [6.07, 6.45) is 6.11. The first-order chi connectivity index (χ1) is 6.70. The van der Waals surface area contributed by atoms with Gasteiger partial charge < -0.3 is 15.2 Å². The summed E-state index contributed by atoms with van der Waals surface area (Å²) in [6.45, 7) is 5.45. The molecule has 1 heterocycles. The lowest BCUT2D eigenvalue weighted by atomic mass is 10.1. The molecule has 3 heteroatoms. The van der Waals surface area contributed by atoms with Crippen molar-refractivity contribution in [1.29, 1.82) is 0 Å². The molecule has 1 rings (SSSR count). The van der Waals surface area contributed by atoms with Crippen LogP contribution < -0.4 is 5.73 Å². The van der Waals surface area contributed by atoms with Crippen LogP contribution in [0.1, 0.15) is 46.0 Å². The van der Waals surface area contributed by atoms with Crippen molar-refractivity contribution in [1.82, 2.24) is 0 Å². The Morgan fingerprint density at radius 2 is 2.14 bits per heavy atom. The van der Waals surface area contributed by atoms with Gasteiger partial charge in [-0.05, 0) is 13.3 Å². The Labute approximate surface area is 86.9 Å². The summed E-state index contributed by atoms with van der Waals surface area (Å²) in [5, 5.41) is 0. The quantitative estimate of drug-likeness (QED) is 0.669. The zero-order valence-corrected chi connectivity index (χ0v) is 9.42. The van der Waals surface area contributed by atoms with E-state index in [9.17, 15) is 0 Å². The maximum absolute atomic E-state index is 5.73. The topological polar surface area (TPSA) is 44.5 Å². The zero-order valence-electron chi connectivity index (χ0n) is 9.42. The van der Waals surface area contributed by atoms with Crippen LogP contribution in [0.5, 0.6) is 0 Å². The van der Waals surface area contributed by atoms with Gasteiger partial charge in [0.25, 0.3) is 0 Å². The minimum Gasteiger partial charge on any atom is -0.347 e. The second-order valence-corrected chi connectivity index (χ2v) is 4.23.